The lowest BCUT2D eigenvalue weighted by molar-refractivity contribution is -0.149. The molecule has 0 aliphatic rings. The van der Waals surface area contributed by atoms with E-state index >= 15 is 0 Å². The number of aliphatic hydroxyl groups is 1. The number of hydrogen-bond donors (Lipinski definition) is 1. The lowest BCUT2D eigenvalue weighted by Crippen LogP contribution is -2.23. The van der Waals surface area contributed by atoms with Gasteiger partial charge in [-0.1, -0.05) is 22.9 Å². The molecular weight excluding hydrogens is 291 g/mol. The Morgan fingerprint density at radius 3 is 2.76 bits per heavy atom. The second kappa shape index (κ2) is 6.12. The summed E-state index contributed by atoms with van der Waals surface area (Å²) >= 11 is 3.20. The number of ether oxygens (including phenoxy) is 1. The minimum absolute atomic E-state index is 0.0941. The van der Waals surface area contributed by atoms with Crippen molar-refractivity contribution in [3.63, 3.8) is 0 Å². The van der Waals surface area contributed by atoms with Crippen LogP contribution in [0, 0.1) is 11.7 Å². The van der Waals surface area contributed by atoms with Gasteiger partial charge in [0.2, 0.25) is 0 Å². The zero-order valence-corrected chi connectivity index (χ0v) is 11.2. The molecular formula is C12H14BrFO3. The summed E-state index contributed by atoms with van der Waals surface area (Å²) in [4.78, 5) is 11.4. The van der Waals surface area contributed by atoms with E-state index in [0.29, 0.717) is 10.9 Å². The summed E-state index contributed by atoms with van der Waals surface area (Å²) in [5, 5.41) is 10.0. The van der Waals surface area contributed by atoms with Crippen molar-refractivity contribution < 1.29 is 19.0 Å². The van der Waals surface area contributed by atoms with Gasteiger partial charge in [-0.15, -0.1) is 0 Å². The largest absolute Gasteiger partial charge is 0.469 e. The minimum Gasteiger partial charge on any atom is -0.469 e. The summed E-state index contributed by atoms with van der Waals surface area (Å²) in [7, 11) is 1.25. The van der Waals surface area contributed by atoms with Crippen molar-refractivity contribution in [2.24, 2.45) is 5.92 Å². The molecule has 17 heavy (non-hydrogen) atoms. The Hall–Kier alpha value is -0.940. The first-order valence-corrected chi connectivity index (χ1v) is 6.01. The number of halogens is 2. The van der Waals surface area contributed by atoms with Crippen molar-refractivity contribution in [2.75, 3.05) is 7.11 Å². The second-order valence-electron chi connectivity index (χ2n) is 3.65. The molecule has 0 bridgehead atoms. The standard InChI is InChI=1S/C12H14BrFO3/c1-3-8(12(16)17-2)11(15)9-6-7(13)4-5-10(9)14/h4-6,8,11,15H,3H2,1-2H3. The Bertz CT molecular complexity index is 409. The van der Waals surface area contributed by atoms with Crippen LogP contribution in [-0.4, -0.2) is 18.2 Å². The van der Waals surface area contributed by atoms with Crippen LogP contribution in [0.15, 0.2) is 22.7 Å². The molecule has 0 fully saturated rings. The van der Waals surface area contributed by atoms with E-state index in [2.05, 4.69) is 20.7 Å². The maximum atomic E-state index is 13.6. The lowest BCUT2D eigenvalue weighted by Gasteiger charge is -2.20. The molecule has 0 amide bonds. The first kappa shape index (κ1) is 14.1. The van der Waals surface area contributed by atoms with Gasteiger partial charge >= 0.3 is 5.97 Å². The molecule has 2 unspecified atom stereocenters. The molecule has 0 saturated carbocycles. The van der Waals surface area contributed by atoms with Gasteiger partial charge in [0.15, 0.2) is 0 Å². The van der Waals surface area contributed by atoms with Gasteiger partial charge in [0.05, 0.1) is 19.1 Å². The molecule has 3 nitrogen and oxygen atoms in total. The van der Waals surface area contributed by atoms with Crippen molar-refractivity contribution in [3.05, 3.63) is 34.1 Å². The van der Waals surface area contributed by atoms with Gasteiger partial charge in [0.25, 0.3) is 0 Å². The summed E-state index contributed by atoms with van der Waals surface area (Å²) in [5.41, 5.74) is 0.0941. The van der Waals surface area contributed by atoms with Crippen LogP contribution >= 0.6 is 15.9 Å². The van der Waals surface area contributed by atoms with Crippen LogP contribution in [0.4, 0.5) is 4.39 Å². The number of carbonyl (C=O) groups is 1. The van der Waals surface area contributed by atoms with Crippen molar-refractivity contribution in [1.29, 1.82) is 0 Å². The summed E-state index contributed by atoms with van der Waals surface area (Å²) in [6, 6.07) is 4.24. The highest BCUT2D eigenvalue weighted by atomic mass is 79.9. The zero-order chi connectivity index (χ0) is 13.0. The number of aliphatic hydroxyl groups excluding tert-OH is 1. The molecule has 0 spiro atoms. The molecule has 1 aromatic carbocycles. The van der Waals surface area contributed by atoms with E-state index in [9.17, 15) is 14.3 Å². The second-order valence-corrected chi connectivity index (χ2v) is 4.56. The third kappa shape index (κ3) is 3.26. The van der Waals surface area contributed by atoms with Crippen LogP contribution < -0.4 is 0 Å². The average molecular weight is 305 g/mol. The molecule has 0 heterocycles. The fraction of sp³-hybridized carbons (Fsp3) is 0.417. The molecule has 0 aromatic heterocycles. The highest BCUT2D eigenvalue weighted by Gasteiger charge is 2.29. The predicted octanol–water partition coefficient (Wildman–Crippen LogP) is 2.82. The fourth-order valence-electron chi connectivity index (χ4n) is 1.63. The molecule has 0 saturated heterocycles. The number of benzene rings is 1. The Morgan fingerprint density at radius 2 is 2.24 bits per heavy atom. The highest BCUT2D eigenvalue weighted by molar-refractivity contribution is 9.10. The molecule has 1 N–H and O–H groups in total. The molecule has 5 heteroatoms. The first-order valence-electron chi connectivity index (χ1n) is 5.22. The van der Waals surface area contributed by atoms with Crippen molar-refractivity contribution >= 4 is 21.9 Å². The van der Waals surface area contributed by atoms with E-state index in [4.69, 9.17) is 0 Å². The maximum absolute atomic E-state index is 13.6. The summed E-state index contributed by atoms with van der Waals surface area (Å²) in [5.74, 6) is -1.84. The Labute approximate surface area is 108 Å². The van der Waals surface area contributed by atoms with Gasteiger partial charge in [0.1, 0.15) is 5.82 Å². The number of hydrogen-bond acceptors (Lipinski definition) is 3. The quantitative estimate of drug-likeness (QED) is 0.870. The van der Waals surface area contributed by atoms with Gasteiger partial charge in [-0.3, -0.25) is 4.79 Å². The normalized spacial score (nSPS) is 14.2. The van der Waals surface area contributed by atoms with Crippen molar-refractivity contribution in [3.8, 4) is 0 Å². The SMILES string of the molecule is CCC(C(=O)OC)C(O)c1cc(Br)ccc1F. The molecule has 0 radical (unpaired) electrons. The number of rotatable bonds is 4. The van der Waals surface area contributed by atoms with Crippen molar-refractivity contribution in [1.82, 2.24) is 0 Å². The molecule has 94 valence electrons. The average Bonchev–Trinajstić information content (AvgIpc) is 2.32. The molecule has 0 aliphatic heterocycles. The monoisotopic (exact) mass is 304 g/mol. The van der Waals surface area contributed by atoms with Gasteiger partial charge in [-0.2, -0.15) is 0 Å². The number of esters is 1. The summed E-state index contributed by atoms with van der Waals surface area (Å²) in [6.07, 6.45) is -0.829. The van der Waals surface area contributed by atoms with Crippen LogP contribution in [0.3, 0.4) is 0 Å². The number of carbonyl (C=O) groups excluding carboxylic acids is 1. The van der Waals surface area contributed by atoms with Gasteiger partial charge in [-0.25, -0.2) is 4.39 Å². The van der Waals surface area contributed by atoms with Crippen LogP contribution in [-0.2, 0) is 9.53 Å². The smallest absolute Gasteiger partial charge is 0.311 e. The maximum Gasteiger partial charge on any atom is 0.311 e. The van der Waals surface area contributed by atoms with Gasteiger partial charge < -0.3 is 9.84 Å². The van der Waals surface area contributed by atoms with Crippen LogP contribution in [0.25, 0.3) is 0 Å². The lowest BCUT2D eigenvalue weighted by atomic mass is 9.93. The Morgan fingerprint density at radius 1 is 1.59 bits per heavy atom. The number of methoxy groups -OCH3 is 1. The summed E-state index contributed by atoms with van der Waals surface area (Å²) in [6.45, 7) is 1.74. The minimum atomic E-state index is -1.20. The molecule has 2 atom stereocenters. The van der Waals surface area contributed by atoms with Crippen LogP contribution in [0.1, 0.15) is 25.0 Å². The van der Waals surface area contributed by atoms with Gasteiger partial charge in [-0.05, 0) is 24.6 Å². The molecule has 1 rings (SSSR count). The van der Waals surface area contributed by atoms with Crippen molar-refractivity contribution in [2.45, 2.75) is 19.4 Å². The van der Waals surface area contributed by atoms with E-state index in [1.165, 1.54) is 25.3 Å². The predicted molar refractivity (Wildman–Crippen MR) is 64.9 cm³/mol. The highest BCUT2D eigenvalue weighted by Crippen LogP contribution is 2.29. The Balaban J connectivity index is 3.05. The van der Waals surface area contributed by atoms with E-state index < -0.39 is 23.8 Å². The van der Waals surface area contributed by atoms with Gasteiger partial charge in [0, 0.05) is 10.0 Å². The third-order valence-electron chi connectivity index (χ3n) is 2.60. The topological polar surface area (TPSA) is 46.5 Å². The van der Waals surface area contributed by atoms with E-state index in [1.54, 1.807) is 6.92 Å². The fourth-order valence-corrected chi connectivity index (χ4v) is 2.01. The first-order chi connectivity index (χ1) is 8.01. The molecule has 1 aromatic rings. The van der Waals surface area contributed by atoms with Crippen LogP contribution in [0.2, 0.25) is 0 Å². The molecule has 0 aliphatic carbocycles. The van der Waals surface area contributed by atoms with E-state index in [-0.39, 0.29) is 5.56 Å². The zero-order valence-electron chi connectivity index (χ0n) is 9.61. The van der Waals surface area contributed by atoms with E-state index in [0.717, 1.165) is 0 Å². The summed E-state index contributed by atoms with van der Waals surface area (Å²) < 4.78 is 18.8. The van der Waals surface area contributed by atoms with Crippen LogP contribution in [0.5, 0.6) is 0 Å². The Kier molecular flexibility index (Phi) is 5.08. The van der Waals surface area contributed by atoms with E-state index in [1.807, 2.05) is 0 Å². The third-order valence-corrected chi connectivity index (χ3v) is 3.09.